The van der Waals surface area contributed by atoms with Gasteiger partial charge in [-0.1, -0.05) is 13.8 Å². The van der Waals surface area contributed by atoms with Crippen molar-refractivity contribution in [3.63, 3.8) is 0 Å². The molecule has 0 radical (unpaired) electrons. The molecule has 1 heterocycles. The third kappa shape index (κ3) is 2.12. The van der Waals surface area contributed by atoms with Gasteiger partial charge in [0.2, 0.25) is 0 Å². The highest BCUT2D eigenvalue weighted by Gasteiger charge is 2.43. The smallest absolute Gasteiger partial charge is 0.175 e. The topological polar surface area (TPSA) is 38.7 Å². The van der Waals surface area contributed by atoms with Crippen LogP contribution in [0.15, 0.2) is 16.6 Å². The van der Waals surface area contributed by atoms with E-state index in [0.29, 0.717) is 13.2 Å². The number of rotatable bonds is 1. The van der Waals surface area contributed by atoms with Crippen molar-refractivity contribution in [2.24, 2.45) is 5.41 Å². The predicted molar refractivity (Wildman–Crippen MR) is 72.0 cm³/mol. The zero-order valence-corrected chi connectivity index (χ0v) is 12.2. The summed E-state index contributed by atoms with van der Waals surface area (Å²) in [6.07, 6.45) is 1.65. The molecule has 4 heteroatoms. The molecule has 18 heavy (non-hydrogen) atoms. The Morgan fingerprint density at radius 2 is 1.83 bits per heavy atom. The van der Waals surface area contributed by atoms with E-state index in [-0.39, 0.29) is 5.41 Å². The molecule has 0 spiro atoms. The van der Waals surface area contributed by atoms with Crippen LogP contribution in [0.4, 0.5) is 0 Å². The molecular formula is C14H17BrO3. The fourth-order valence-corrected chi connectivity index (χ4v) is 2.63. The monoisotopic (exact) mass is 312 g/mol. The number of hydrogen-bond acceptors (Lipinski definition) is 3. The summed E-state index contributed by atoms with van der Waals surface area (Å²) >= 11 is 3.51. The predicted octanol–water partition coefficient (Wildman–Crippen LogP) is 3.23. The molecule has 1 fully saturated rings. The number of ether oxygens (including phenoxy) is 2. The van der Waals surface area contributed by atoms with E-state index >= 15 is 0 Å². The van der Waals surface area contributed by atoms with Gasteiger partial charge in [0.05, 0.1) is 23.3 Å². The molecule has 3 nitrogen and oxygen atoms in total. The number of fused-ring (bicyclic) bond motifs is 1. The fraction of sp³-hybridized carbons (Fsp3) is 0.571. The van der Waals surface area contributed by atoms with Gasteiger partial charge in [0.1, 0.15) is 0 Å². The van der Waals surface area contributed by atoms with E-state index in [9.17, 15) is 5.11 Å². The average Bonchev–Trinajstić information content (AvgIpc) is 3.05. The molecule has 1 aliphatic heterocycles. The van der Waals surface area contributed by atoms with Crippen LogP contribution in [0.3, 0.4) is 0 Å². The van der Waals surface area contributed by atoms with Crippen molar-refractivity contribution in [3.05, 3.63) is 22.2 Å². The molecule has 98 valence electrons. The van der Waals surface area contributed by atoms with E-state index in [2.05, 4.69) is 29.8 Å². The lowest BCUT2D eigenvalue weighted by molar-refractivity contribution is 0.139. The molecule has 1 aromatic rings. The summed E-state index contributed by atoms with van der Waals surface area (Å²) in [4.78, 5) is 0. The van der Waals surface area contributed by atoms with Crippen LogP contribution < -0.4 is 9.47 Å². The quantitative estimate of drug-likeness (QED) is 0.865. The number of aliphatic hydroxyl groups is 1. The van der Waals surface area contributed by atoms with Crippen molar-refractivity contribution >= 4 is 15.9 Å². The van der Waals surface area contributed by atoms with Crippen molar-refractivity contribution in [2.45, 2.75) is 32.3 Å². The number of benzene rings is 1. The minimum atomic E-state index is -0.650. The van der Waals surface area contributed by atoms with Crippen LogP contribution in [0.1, 0.15) is 32.3 Å². The molecule has 1 aromatic carbocycles. The maximum atomic E-state index is 10.2. The summed E-state index contributed by atoms with van der Waals surface area (Å²) in [5.41, 5.74) is 0.258. The highest BCUT2D eigenvalue weighted by atomic mass is 79.9. The highest BCUT2D eigenvalue weighted by molar-refractivity contribution is 9.10. The van der Waals surface area contributed by atoms with E-state index in [1.54, 1.807) is 0 Å². The van der Waals surface area contributed by atoms with Crippen LogP contribution >= 0.6 is 15.9 Å². The molecule has 0 unspecified atom stereocenters. The second-order valence-corrected chi connectivity index (χ2v) is 6.91. The van der Waals surface area contributed by atoms with Crippen molar-refractivity contribution in [3.8, 4) is 11.5 Å². The van der Waals surface area contributed by atoms with E-state index in [0.717, 1.165) is 34.4 Å². The van der Waals surface area contributed by atoms with Crippen molar-refractivity contribution in [2.75, 3.05) is 13.2 Å². The average molecular weight is 313 g/mol. The zero-order valence-electron chi connectivity index (χ0n) is 10.6. The SMILES string of the molecule is CC1(C)COc2cc(C3(O)CC3)cc(Br)c2OC1. The molecule has 0 saturated heterocycles. The van der Waals surface area contributed by atoms with Gasteiger partial charge in [-0.2, -0.15) is 0 Å². The van der Waals surface area contributed by atoms with Crippen molar-refractivity contribution in [1.29, 1.82) is 0 Å². The Kier molecular flexibility index (Phi) is 2.65. The minimum Gasteiger partial charge on any atom is -0.489 e. The largest absolute Gasteiger partial charge is 0.489 e. The van der Waals surface area contributed by atoms with Crippen LogP contribution in [-0.4, -0.2) is 18.3 Å². The molecular weight excluding hydrogens is 296 g/mol. The Labute approximate surface area is 115 Å². The fourth-order valence-electron chi connectivity index (χ4n) is 2.07. The zero-order chi connectivity index (χ0) is 13.0. The van der Waals surface area contributed by atoms with Gasteiger partial charge < -0.3 is 14.6 Å². The first kappa shape index (κ1) is 12.3. The third-order valence-corrected chi connectivity index (χ3v) is 4.09. The van der Waals surface area contributed by atoms with Gasteiger partial charge in [-0.25, -0.2) is 0 Å². The standard InChI is InChI=1S/C14H17BrO3/c1-13(2)7-17-11-6-9(14(16)3-4-14)5-10(15)12(11)18-8-13/h5-6,16H,3-4,7-8H2,1-2H3. The Morgan fingerprint density at radius 1 is 1.17 bits per heavy atom. The van der Waals surface area contributed by atoms with Crippen molar-refractivity contribution in [1.82, 2.24) is 0 Å². The van der Waals surface area contributed by atoms with Gasteiger partial charge in [-0.3, -0.25) is 0 Å². The normalized spacial score (nSPS) is 23.3. The molecule has 1 saturated carbocycles. The van der Waals surface area contributed by atoms with Crippen molar-refractivity contribution < 1.29 is 14.6 Å². The molecule has 1 N–H and O–H groups in total. The lowest BCUT2D eigenvalue weighted by atomic mass is 9.97. The van der Waals surface area contributed by atoms with E-state index in [4.69, 9.17) is 9.47 Å². The first-order valence-corrected chi connectivity index (χ1v) is 7.01. The minimum absolute atomic E-state index is 0.00486. The Hall–Kier alpha value is -0.740. The van der Waals surface area contributed by atoms with Gasteiger partial charge in [-0.05, 0) is 46.5 Å². The molecule has 3 rings (SSSR count). The van der Waals surface area contributed by atoms with Gasteiger partial charge >= 0.3 is 0 Å². The molecule has 0 bridgehead atoms. The van der Waals surface area contributed by atoms with Crippen LogP contribution in [0.2, 0.25) is 0 Å². The molecule has 1 aliphatic carbocycles. The summed E-state index contributed by atoms with van der Waals surface area (Å²) in [7, 11) is 0. The summed E-state index contributed by atoms with van der Waals surface area (Å²) in [5, 5.41) is 10.2. The maximum absolute atomic E-state index is 10.2. The Bertz CT molecular complexity index is 492. The number of hydrogen-bond donors (Lipinski definition) is 1. The first-order valence-electron chi connectivity index (χ1n) is 6.22. The maximum Gasteiger partial charge on any atom is 0.175 e. The van der Waals surface area contributed by atoms with E-state index in [1.165, 1.54) is 0 Å². The Morgan fingerprint density at radius 3 is 2.50 bits per heavy atom. The molecule has 0 aromatic heterocycles. The summed E-state index contributed by atoms with van der Waals surface area (Å²) in [6, 6.07) is 3.85. The van der Waals surface area contributed by atoms with Gasteiger partial charge in [0.15, 0.2) is 11.5 Å². The van der Waals surface area contributed by atoms with Gasteiger partial charge in [0, 0.05) is 5.41 Å². The van der Waals surface area contributed by atoms with Gasteiger partial charge in [-0.15, -0.1) is 0 Å². The molecule has 0 atom stereocenters. The van der Waals surface area contributed by atoms with Crippen LogP contribution in [0.5, 0.6) is 11.5 Å². The van der Waals surface area contributed by atoms with Crippen LogP contribution in [0.25, 0.3) is 0 Å². The Balaban J connectivity index is 2.00. The summed E-state index contributed by atoms with van der Waals surface area (Å²) in [6.45, 7) is 5.47. The van der Waals surface area contributed by atoms with Gasteiger partial charge in [0.25, 0.3) is 0 Å². The van der Waals surface area contributed by atoms with E-state index in [1.807, 2.05) is 12.1 Å². The highest BCUT2D eigenvalue weighted by Crippen LogP contribution is 2.50. The van der Waals surface area contributed by atoms with Crippen LogP contribution in [0, 0.1) is 5.41 Å². The second kappa shape index (κ2) is 3.87. The lowest BCUT2D eigenvalue weighted by Gasteiger charge is -2.19. The third-order valence-electron chi connectivity index (χ3n) is 3.50. The first-order chi connectivity index (χ1) is 8.40. The van der Waals surface area contributed by atoms with E-state index < -0.39 is 5.60 Å². The molecule has 2 aliphatic rings. The second-order valence-electron chi connectivity index (χ2n) is 6.06. The lowest BCUT2D eigenvalue weighted by Crippen LogP contribution is -2.26. The number of halogens is 1. The van der Waals surface area contributed by atoms with Crippen LogP contribution in [-0.2, 0) is 5.60 Å². The summed E-state index contributed by atoms with van der Waals surface area (Å²) in [5.74, 6) is 1.47. The summed E-state index contributed by atoms with van der Waals surface area (Å²) < 4.78 is 12.5. The molecule has 0 amide bonds.